The predicted octanol–water partition coefficient (Wildman–Crippen LogP) is 8.10. The SMILES string of the molecule is O=C(O)c1cc(F)c2nc(N3CC(c4ccc(OCc5c(-c6ccccc6OC(F)F)noc5C5CC5)cc4Cl)C3)sc2c1. The molecule has 44 heavy (non-hydrogen) atoms. The summed E-state index contributed by atoms with van der Waals surface area (Å²) in [4.78, 5) is 17.7. The first-order valence-corrected chi connectivity index (χ1v) is 15.0. The van der Waals surface area contributed by atoms with Crippen molar-refractivity contribution in [1.29, 1.82) is 0 Å². The van der Waals surface area contributed by atoms with E-state index in [1.807, 2.05) is 17.0 Å². The molecule has 5 aromatic rings. The van der Waals surface area contributed by atoms with Crippen LogP contribution in [0.25, 0.3) is 21.5 Å². The van der Waals surface area contributed by atoms with Crippen LogP contribution in [0, 0.1) is 5.82 Å². The molecular formula is C31H23ClF3N3O5S. The highest BCUT2D eigenvalue weighted by Crippen LogP contribution is 2.46. The van der Waals surface area contributed by atoms with Gasteiger partial charge in [-0.2, -0.15) is 8.78 Å². The molecule has 1 aliphatic heterocycles. The van der Waals surface area contributed by atoms with E-state index in [-0.39, 0.29) is 35.3 Å². The second-order valence-corrected chi connectivity index (χ2v) is 12.1. The minimum atomic E-state index is -2.98. The first-order valence-electron chi connectivity index (χ1n) is 13.8. The summed E-state index contributed by atoms with van der Waals surface area (Å²) in [7, 11) is 0. The molecule has 0 radical (unpaired) electrons. The molecule has 0 amide bonds. The van der Waals surface area contributed by atoms with E-state index in [4.69, 9.17) is 25.6 Å². The molecule has 1 aliphatic carbocycles. The molecule has 2 aliphatic rings. The van der Waals surface area contributed by atoms with Crippen LogP contribution in [0.5, 0.6) is 11.5 Å². The number of nitrogens with zero attached hydrogens (tertiary/aromatic N) is 3. The monoisotopic (exact) mass is 641 g/mol. The lowest BCUT2D eigenvalue weighted by Gasteiger charge is -2.39. The van der Waals surface area contributed by atoms with Crippen LogP contribution in [-0.2, 0) is 6.61 Å². The number of rotatable bonds is 10. The number of benzene rings is 3. The predicted molar refractivity (Wildman–Crippen MR) is 158 cm³/mol. The van der Waals surface area contributed by atoms with Crippen molar-refractivity contribution < 1.29 is 37.1 Å². The zero-order chi connectivity index (χ0) is 30.5. The van der Waals surface area contributed by atoms with Gasteiger partial charge in [-0.1, -0.05) is 46.3 Å². The molecule has 7 rings (SSSR count). The Labute approximate surface area is 257 Å². The van der Waals surface area contributed by atoms with Crippen LogP contribution in [0.3, 0.4) is 0 Å². The van der Waals surface area contributed by atoms with Crippen molar-refractivity contribution in [3.05, 3.63) is 87.9 Å². The van der Waals surface area contributed by atoms with E-state index in [1.54, 1.807) is 24.3 Å². The van der Waals surface area contributed by atoms with Crippen molar-refractivity contribution >= 4 is 44.3 Å². The number of hydrogen-bond acceptors (Lipinski definition) is 8. The number of thiazole rings is 1. The molecule has 0 unspecified atom stereocenters. The highest BCUT2D eigenvalue weighted by Gasteiger charge is 2.34. The fourth-order valence-corrected chi connectivity index (χ4v) is 6.71. The van der Waals surface area contributed by atoms with Gasteiger partial charge in [-0.3, -0.25) is 0 Å². The smallest absolute Gasteiger partial charge is 0.387 e. The number of anilines is 1. The van der Waals surface area contributed by atoms with Crippen LogP contribution in [0.2, 0.25) is 5.02 Å². The number of carboxylic acid groups (broad SMARTS) is 1. The van der Waals surface area contributed by atoms with E-state index < -0.39 is 18.4 Å². The Balaban J connectivity index is 1.05. The van der Waals surface area contributed by atoms with Crippen molar-refractivity contribution in [2.24, 2.45) is 0 Å². The highest BCUT2D eigenvalue weighted by atomic mass is 35.5. The van der Waals surface area contributed by atoms with E-state index in [0.717, 1.165) is 24.5 Å². The summed E-state index contributed by atoms with van der Waals surface area (Å²) in [5.74, 6) is -0.331. The molecule has 2 aromatic heterocycles. The van der Waals surface area contributed by atoms with Crippen LogP contribution < -0.4 is 14.4 Å². The molecule has 0 atom stereocenters. The van der Waals surface area contributed by atoms with Gasteiger partial charge in [-0.25, -0.2) is 14.2 Å². The topological polar surface area (TPSA) is 97.9 Å². The second kappa shape index (κ2) is 11.3. The zero-order valence-electron chi connectivity index (χ0n) is 22.8. The lowest BCUT2D eigenvalue weighted by Crippen LogP contribution is -2.45. The summed E-state index contributed by atoms with van der Waals surface area (Å²) in [6.45, 7) is -1.66. The molecule has 8 nitrogen and oxygen atoms in total. The minimum Gasteiger partial charge on any atom is -0.489 e. The number of carboxylic acids is 1. The number of halogens is 4. The molecule has 3 heterocycles. The second-order valence-electron chi connectivity index (χ2n) is 10.7. The number of hydrogen-bond donors (Lipinski definition) is 1. The van der Waals surface area contributed by atoms with Crippen molar-refractivity contribution in [2.75, 3.05) is 18.0 Å². The van der Waals surface area contributed by atoms with Gasteiger partial charge < -0.3 is 24.0 Å². The third-order valence-electron chi connectivity index (χ3n) is 7.76. The average Bonchev–Trinajstić information content (AvgIpc) is 3.58. The summed E-state index contributed by atoms with van der Waals surface area (Å²) in [6.07, 6.45) is 1.90. The third kappa shape index (κ3) is 5.43. The summed E-state index contributed by atoms with van der Waals surface area (Å²) in [5.41, 5.74) is 2.44. The standard InChI is InChI=1S/C31H23ClF3N3O5S/c32-22-11-18(41-14-21-26(37-43-28(21)15-5-6-15)20-3-1-2-4-24(20)42-30(34)35)7-8-19(22)17-12-38(13-17)31-36-27-23(33)9-16(29(39)40)10-25(27)44-31/h1-4,7-11,15,17,30H,5-6,12-14H2,(H,39,40). The van der Waals surface area contributed by atoms with Gasteiger partial charge in [0, 0.05) is 35.5 Å². The van der Waals surface area contributed by atoms with Gasteiger partial charge in [0.15, 0.2) is 10.9 Å². The van der Waals surface area contributed by atoms with Gasteiger partial charge in [-0.15, -0.1) is 0 Å². The Hall–Kier alpha value is -4.29. The fourth-order valence-electron chi connectivity index (χ4n) is 5.35. The number of alkyl halides is 2. The number of carbonyl (C=O) groups is 1. The van der Waals surface area contributed by atoms with Crippen LogP contribution in [0.1, 0.15) is 51.9 Å². The number of fused-ring (bicyclic) bond motifs is 1. The normalized spacial score (nSPS) is 15.2. The molecule has 3 aromatic carbocycles. The van der Waals surface area contributed by atoms with Crippen molar-refractivity contribution in [2.45, 2.75) is 37.9 Å². The molecule has 2 fully saturated rings. The largest absolute Gasteiger partial charge is 0.489 e. The zero-order valence-corrected chi connectivity index (χ0v) is 24.4. The number of ether oxygens (including phenoxy) is 2. The van der Waals surface area contributed by atoms with Gasteiger partial charge in [0.05, 0.1) is 15.8 Å². The summed E-state index contributed by atoms with van der Waals surface area (Å²) in [6, 6.07) is 14.3. The van der Waals surface area contributed by atoms with E-state index in [9.17, 15) is 23.1 Å². The maximum Gasteiger partial charge on any atom is 0.387 e. The molecule has 1 saturated carbocycles. The molecule has 1 N–H and O–H groups in total. The van der Waals surface area contributed by atoms with E-state index in [1.165, 1.54) is 23.5 Å². The van der Waals surface area contributed by atoms with Gasteiger partial charge in [0.2, 0.25) is 0 Å². The molecule has 0 bridgehead atoms. The van der Waals surface area contributed by atoms with Crippen molar-refractivity contribution in [3.63, 3.8) is 0 Å². The Morgan fingerprint density at radius 1 is 1.14 bits per heavy atom. The van der Waals surface area contributed by atoms with Gasteiger partial charge in [-0.05, 0) is 54.8 Å². The number of aromatic carboxylic acids is 1. The van der Waals surface area contributed by atoms with Gasteiger partial charge >= 0.3 is 12.6 Å². The Kier molecular flexibility index (Phi) is 7.33. The average molecular weight is 642 g/mol. The van der Waals surface area contributed by atoms with Crippen molar-refractivity contribution in [1.82, 2.24) is 10.1 Å². The van der Waals surface area contributed by atoms with Crippen LogP contribution >= 0.6 is 22.9 Å². The molecule has 226 valence electrons. The quantitative estimate of drug-likeness (QED) is 0.163. The first kappa shape index (κ1) is 28.5. The maximum atomic E-state index is 14.4. The molecule has 0 spiro atoms. The Morgan fingerprint density at radius 2 is 1.93 bits per heavy atom. The molecular weight excluding hydrogens is 619 g/mol. The first-order chi connectivity index (χ1) is 21.2. The summed E-state index contributed by atoms with van der Waals surface area (Å²) in [5, 5.41) is 14.6. The summed E-state index contributed by atoms with van der Waals surface area (Å²) < 4.78 is 57.5. The van der Waals surface area contributed by atoms with Crippen LogP contribution in [-0.4, -0.2) is 40.9 Å². The Morgan fingerprint density at radius 3 is 2.66 bits per heavy atom. The summed E-state index contributed by atoms with van der Waals surface area (Å²) >= 11 is 7.92. The van der Waals surface area contributed by atoms with Crippen molar-refractivity contribution in [3.8, 4) is 22.8 Å². The number of para-hydroxylation sites is 1. The minimum absolute atomic E-state index is 0.00216. The van der Waals surface area contributed by atoms with Gasteiger partial charge in [0.1, 0.15) is 35.1 Å². The lowest BCUT2D eigenvalue weighted by molar-refractivity contribution is -0.0494. The third-order valence-corrected chi connectivity index (χ3v) is 9.15. The van der Waals surface area contributed by atoms with E-state index >= 15 is 0 Å². The van der Waals surface area contributed by atoms with E-state index in [2.05, 4.69) is 10.1 Å². The van der Waals surface area contributed by atoms with Gasteiger partial charge in [0.25, 0.3) is 0 Å². The number of aromatic nitrogens is 2. The molecule has 1 saturated heterocycles. The Bertz CT molecular complexity index is 1890. The van der Waals surface area contributed by atoms with E-state index in [0.29, 0.717) is 56.3 Å². The molecule has 13 heteroatoms. The highest BCUT2D eigenvalue weighted by molar-refractivity contribution is 7.22. The lowest BCUT2D eigenvalue weighted by atomic mass is 9.92. The van der Waals surface area contributed by atoms with Crippen LogP contribution in [0.15, 0.2) is 59.1 Å². The maximum absolute atomic E-state index is 14.4. The fraction of sp³-hybridized carbons (Fsp3) is 0.258. The van der Waals surface area contributed by atoms with Crippen LogP contribution in [0.4, 0.5) is 18.3 Å².